The lowest BCUT2D eigenvalue weighted by Gasteiger charge is -2.12. The fourth-order valence-corrected chi connectivity index (χ4v) is 2.42. The summed E-state index contributed by atoms with van der Waals surface area (Å²) in [4.78, 5) is 8.38. The van der Waals surface area contributed by atoms with Crippen LogP contribution in [0.2, 0.25) is 0 Å². The van der Waals surface area contributed by atoms with Gasteiger partial charge in [0, 0.05) is 37.9 Å². The van der Waals surface area contributed by atoms with E-state index < -0.39 is 12.6 Å². The highest BCUT2D eigenvalue weighted by molar-refractivity contribution is 14.0. The van der Waals surface area contributed by atoms with Gasteiger partial charge >= 0.3 is 6.18 Å². The molecule has 4 nitrogen and oxygen atoms in total. The van der Waals surface area contributed by atoms with Crippen LogP contribution in [0.25, 0.3) is 0 Å². The summed E-state index contributed by atoms with van der Waals surface area (Å²) >= 11 is 1.63. The van der Waals surface area contributed by atoms with E-state index in [1.54, 1.807) is 11.3 Å². The minimum Gasteiger partial charge on any atom is -0.356 e. The van der Waals surface area contributed by atoms with Crippen molar-refractivity contribution in [2.75, 3.05) is 20.1 Å². The minimum atomic E-state index is -4.15. The number of nitrogens with one attached hydrogen (secondary N) is 2. The zero-order chi connectivity index (χ0) is 15.9. The van der Waals surface area contributed by atoms with E-state index in [2.05, 4.69) is 34.5 Å². The number of alkyl halides is 3. The average Bonchev–Trinajstić information content (AvgIpc) is 2.84. The van der Waals surface area contributed by atoms with E-state index in [4.69, 9.17) is 0 Å². The smallest absolute Gasteiger partial charge is 0.356 e. The summed E-state index contributed by atoms with van der Waals surface area (Å²) < 4.78 is 36.1. The van der Waals surface area contributed by atoms with Crippen molar-refractivity contribution in [2.45, 2.75) is 38.8 Å². The lowest BCUT2D eigenvalue weighted by atomic mass is 10.2. The Kier molecular flexibility index (Phi) is 9.97. The van der Waals surface area contributed by atoms with Crippen LogP contribution < -0.4 is 10.6 Å². The van der Waals surface area contributed by atoms with Crippen LogP contribution in [0.4, 0.5) is 13.2 Å². The molecule has 22 heavy (non-hydrogen) atoms. The number of nitrogens with zero attached hydrogens (tertiary/aromatic N) is 2. The number of hydrogen-bond donors (Lipinski definition) is 2. The van der Waals surface area contributed by atoms with E-state index in [0.29, 0.717) is 24.8 Å². The first-order chi connectivity index (χ1) is 9.81. The topological polar surface area (TPSA) is 49.3 Å². The van der Waals surface area contributed by atoms with Crippen LogP contribution in [-0.4, -0.2) is 37.3 Å². The fourth-order valence-electron chi connectivity index (χ4n) is 1.55. The van der Waals surface area contributed by atoms with Crippen molar-refractivity contribution in [1.82, 2.24) is 15.6 Å². The van der Waals surface area contributed by atoms with E-state index in [-0.39, 0.29) is 30.5 Å². The van der Waals surface area contributed by atoms with Crippen molar-refractivity contribution >= 4 is 41.3 Å². The van der Waals surface area contributed by atoms with Gasteiger partial charge in [-0.15, -0.1) is 35.3 Å². The molecule has 0 atom stereocenters. The molecule has 0 fully saturated rings. The van der Waals surface area contributed by atoms with Gasteiger partial charge in [-0.2, -0.15) is 13.2 Å². The molecule has 9 heteroatoms. The van der Waals surface area contributed by atoms with Gasteiger partial charge in [0.15, 0.2) is 5.96 Å². The van der Waals surface area contributed by atoms with Crippen LogP contribution in [0.15, 0.2) is 10.4 Å². The van der Waals surface area contributed by atoms with Gasteiger partial charge in [0.1, 0.15) is 0 Å². The Morgan fingerprint density at radius 3 is 2.45 bits per heavy atom. The molecule has 1 aromatic rings. The standard InChI is InChI=1S/C13H21F3N4S.HI/c1-9(2)11-20-10(8-21-11)4-6-18-12(17-3)19-7-5-13(14,15)16;/h8-9H,4-7H2,1-3H3,(H2,17,18,19);1H. The zero-order valence-corrected chi connectivity index (χ0v) is 16.0. The second-order valence-electron chi connectivity index (χ2n) is 4.87. The summed E-state index contributed by atoms with van der Waals surface area (Å²) in [5, 5.41) is 8.72. The van der Waals surface area contributed by atoms with Crippen LogP contribution in [0.3, 0.4) is 0 Å². The number of thiazole rings is 1. The highest BCUT2D eigenvalue weighted by Crippen LogP contribution is 2.19. The Morgan fingerprint density at radius 1 is 1.32 bits per heavy atom. The first-order valence-corrected chi connectivity index (χ1v) is 7.65. The number of rotatable bonds is 6. The highest BCUT2D eigenvalue weighted by atomic mass is 127. The molecule has 128 valence electrons. The number of halogens is 4. The molecule has 1 aromatic heterocycles. The maximum atomic E-state index is 12.0. The fraction of sp³-hybridized carbons (Fsp3) is 0.692. The maximum absolute atomic E-state index is 12.0. The van der Waals surface area contributed by atoms with E-state index in [1.165, 1.54) is 7.05 Å². The summed E-state index contributed by atoms with van der Waals surface area (Å²) in [6.45, 7) is 4.57. The molecule has 1 heterocycles. The number of aromatic nitrogens is 1. The third-order valence-electron chi connectivity index (χ3n) is 2.66. The number of hydrogen-bond acceptors (Lipinski definition) is 3. The van der Waals surface area contributed by atoms with E-state index in [0.717, 1.165) is 10.7 Å². The molecule has 0 spiro atoms. The average molecular weight is 450 g/mol. The molecule has 0 bridgehead atoms. The van der Waals surface area contributed by atoms with E-state index in [9.17, 15) is 13.2 Å². The Morgan fingerprint density at radius 2 is 1.95 bits per heavy atom. The molecule has 0 radical (unpaired) electrons. The zero-order valence-electron chi connectivity index (χ0n) is 12.8. The predicted octanol–water partition coefficient (Wildman–Crippen LogP) is 3.54. The van der Waals surface area contributed by atoms with Gasteiger partial charge in [-0.1, -0.05) is 13.8 Å². The second-order valence-corrected chi connectivity index (χ2v) is 5.76. The molecular formula is C13H22F3IN4S. The molecule has 0 aliphatic heterocycles. The van der Waals surface area contributed by atoms with Crippen LogP contribution >= 0.6 is 35.3 Å². The summed E-state index contributed by atoms with van der Waals surface area (Å²) in [5.41, 5.74) is 0.988. The second kappa shape index (κ2) is 10.2. The molecule has 0 aliphatic carbocycles. The number of aliphatic imine (C=N–C) groups is 1. The van der Waals surface area contributed by atoms with Crippen LogP contribution in [0.5, 0.6) is 0 Å². The molecular weight excluding hydrogens is 428 g/mol. The molecule has 0 aliphatic rings. The van der Waals surface area contributed by atoms with Gasteiger partial charge in [0.05, 0.1) is 17.1 Å². The summed E-state index contributed by atoms with van der Waals surface area (Å²) in [5.74, 6) is 0.784. The molecule has 2 N–H and O–H groups in total. The Balaban J connectivity index is 0.00000441. The van der Waals surface area contributed by atoms with Crippen molar-refractivity contribution in [1.29, 1.82) is 0 Å². The predicted molar refractivity (Wildman–Crippen MR) is 95.4 cm³/mol. The van der Waals surface area contributed by atoms with Crippen LogP contribution in [0.1, 0.15) is 36.9 Å². The molecule has 0 unspecified atom stereocenters. The van der Waals surface area contributed by atoms with Gasteiger partial charge in [-0.3, -0.25) is 4.99 Å². The highest BCUT2D eigenvalue weighted by Gasteiger charge is 2.26. The maximum Gasteiger partial charge on any atom is 0.390 e. The largest absolute Gasteiger partial charge is 0.390 e. The summed E-state index contributed by atoms with van der Waals surface area (Å²) in [6, 6.07) is 0. The van der Waals surface area contributed by atoms with Crippen molar-refractivity contribution in [3.63, 3.8) is 0 Å². The van der Waals surface area contributed by atoms with E-state index >= 15 is 0 Å². The molecule has 0 amide bonds. The van der Waals surface area contributed by atoms with Gasteiger partial charge in [0.2, 0.25) is 0 Å². The molecule has 0 saturated carbocycles. The third-order valence-corrected chi connectivity index (χ3v) is 3.86. The molecule has 0 aromatic carbocycles. The monoisotopic (exact) mass is 450 g/mol. The van der Waals surface area contributed by atoms with Crippen LogP contribution in [-0.2, 0) is 6.42 Å². The van der Waals surface area contributed by atoms with Gasteiger partial charge in [0.25, 0.3) is 0 Å². The van der Waals surface area contributed by atoms with Gasteiger partial charge in [-0.05, 0) is 0 Å². The first kappa shape index (κ1) is 21.4. The van der Waals surface area contributed by atoms with Gasteiger partial charge in [-0.25, -0.2) is 4.98 Å². The summed E-state index contributed by atoms with van der Waals surface area (Å²) in [6.07, 6.45) is -4.32. The third kappa shape index (κ3) is 8.76. The van der Waals surface area contributed by atoms with Crippen LogP contribution in [0, 0.1) is 0 Å². The van der Waals surface area contributed by atoms with Crippen molar-refractivity contribution in [3.8, 4) is 0 Å². The minimum absolute atomic E-state index is 0. The lowest BCUT2D eigenvalue weighted by molar-refractivity contribution is -0.132. The Hall–Kier alpha value is -0.580. The van der Waals surface area contributed by atoms with Crippen molar-refractivity contribution in [3.05, 3.63) is 16.1 Å². The van der Waals surface area contributed by atoms with Gasteiger partial charge < -0.3 is 10.6 Å². The van der Waals surface area contributed by atoms with Crippen molar-refractivity contribution in [2.24, 2.45) is 4.99 Å². The SMILES string of the molecule is CN=C(NCCc1csc(C(C)C)n1)NCCC(F)(F)F.I. The van der Waals surface area contributed by atoms with Crippen molar-refractivity contribution < 1.29 is 13.2 Å². The normalized spacial score (nSPS) is 12.2. The Labute approximate surface area is 150 Å². The quantitative estimate of drug-likeness (QED) is 0.396. The number of guanidine groups is 1. The van der Waals surface area contributed by atoms with E-state index in [1.807, 2.05) is 5.38 Å². The lowest BCUT2D eigenvalue weighted by Crippen LogP contribution is -2.39. The molecule has 1 rings (SSSR count). The molecule has 0 saturated heterocycles. The summed E-state index contributed by atoms with van der Waals surface area (Å²) in [7, 11) is 1.53. The Bertz CT molecular complexity index is 460. The first-order valence-electron chi connectivity index (χ1n) is 6.77.